The summed E-state index contributed by atoms with van der Waals surface area (Å²) in [7, 11) is 0. The summed E-state index contributed by atoms with van der Waals surface area (Å²) in [5.74, 6) is 0.0383. The van der Waals surface area contributed by atoms with Crippen molar-refractivity contribution in [2.75, 3.05) is 0 Å². The minimum atomic E-state index is -0.607. The Balaban J connectivity index is 2.14. The molecule has 2 heterocycles. The molecule has 8 heteroatoms. The van der Waals surface area contributed by atoms with E-state index in [4.69, 9.17) is 4.42 Å². The summed E-state index contributed by atoms with van der Waals surface area (Å²) < 4.78 is 8.35. The fourth-order valence-corrected chi connectivity index (χ4v) is 2.88. The van der Waals surface area contributed by atoms with Gasteiger partial charge in [-0.15, -0.1) is 0 Å². The van der Waals surface area contributed by atoms with Gasteiger partial charge in [0.05, 0.1) is 18.5 Å². The Bertz CT molecular complexity index is 1080. The van der Waals surface area contributed by atoms with Crippen LogP contribution in [0.2, 0.25) is 0 Å². The van der Waals surface area contributed by atoms with Crippen LogP contribution in [0.4, 0.5) is 5.69 Å². The van der Waals surface area contributed by atoms with E-state index in [1.54, 1.807) is 38.1 Å². The molecule has 0 spiro atoms. The Labute approximate surface area is 163 Å². The standard InChI is InChI=1S/C19H18BrN3O4/c1-12(2)23-18(25)16(10-21-14-7-5-13(20)6-8-14)17(24)22(19(23)26)11-15-4-3-9-27-15/h3-10,12,24H,11H2,1-2H3. The van der Waals surface area contributed by atoms with E-state index in [1.807, 2.05) is 12.1 Å². The molecular formula is C19H18BrN3O4. The van der Waals surface area contributed by atoms with Crippen LogP contribution in [0, 0.1) is 0 Å². The summed E-state index contributed by atoms with van der Waals surface area (Å²) in [5.41, 5.74) is -0.650. The quantitative estimate of drug-likeness (QED) is 0.626. The van der Waals surface area contributed by atoms with E-state index in [9.17, 15) is 14.7 Å². The van der Waals surface area contributed by atoms with Gasteiger partial charge < -0.3 is 9.52 Å². The highest BCUT2D eigenvalue weighted by Crippen LogP contribution is 2.18. The number of furan rings is 1. The molecule has 3 aromatic rings. The molecule has 0 aliphatic rings. The lowest BCUT2D eigenvalue weighted by atomic mass is 10.2. The van der Waals surface area contributed by atoms with Crippen LogP contribution >= 0.6 is 15.9 Å². The molecule has 140 valence electrons. The average Bonchev–Trinajstić information content (AvgIpc) is 3.13. The summed E-state index contributed by atoms with van der Waals surface area (Å²) in [6, 6.07) is 10.1. The van der Waals surface area contributed by atoms with Crippen LogP contribution in [0.1, 0.15) is 31.2 Å². The molecule has 0 radical (unpaired) electrons. The van der Waals surface area contributed by atoms with Gasteiger partial charge >= 0.3 is 5.69 Å². The average molecular weight is 432 g/mol. The van der Waals surface area contributed by atoms with Crippen LogP contribution in [-0.2, 0) is 6.54 Å². The van der Waals surface area contributed by atoms with Gasteiger partial charge in [0.2, 0.25) is 5.88 Å². The first-order valence-electron chi connectivity index (χ1n) is 8.28. The number of nitrogens with zero attached hydrogens (tertiary/aromatic N) is 3. The molecule has 1 N–H and O–H groups in total. The van der Waals surface area contributed by atoms with Crippen molar-refractivity contribution in [3.8, 4) is 5.88 Å². The Morgan fingerprint density at radius 2 is 1.93 bits per heavy atom. The fourth-order valence-electron chi connectivity index (χ4n) is 2.61. The number of rotatable bonds is 5. The molecule has 7 nitrogen and oxygen atoms in total. The molecule has 0 saturated heterocycles. The van der Waals surface area contributed by atoms with Crippen LogP contribution in [0.3, 0.4) is 0 Å². The zero-order valence-electron chi connectivity index (χ0n) is 14.8. The van der Waals surface area contributed by atoms with Crippen molar-refractivity contribution in [2.24, 2.45) is 4.99 Å². The van der Waals surface area contributed by atoms with Crippen molar-refractivity contribution in [3.63, 3.8) is 0 Å². The largest absolute Gasteiger partial charge is 0.494 e. The van der Waals surface area contributed by atoms with Gasteiger partial charge in [0, 0.05) is 16.7 Å². The Morgan fingerprint density at radius 3 is 2.52 bits per heavy atom. The molecule has 0 atom stereocenters. The number of aromatic nitrogens is 2. The van der Waals surface area contributed by atoms with Gasteiger partial charge in [-0.2, -0.15) is 0 Å². The van der Waals surface area contributed by atoms with Crippen molar-refractivity contribution >= 4 is 27.8 Å². The molecule has 0 bridgehead atoms. The zero-order valence-corrected chi connectivity index (χ0v) is 16.4. The maximum atomic E-state index is 12.7. The Hall–Kier alpha value is -2.87. The molecule has 0 saturated carbocycles. The van der Waals surface area contributed by atoms with Gasteiger partial charge in [0.1, 0.15) is 11.3 Å². The predicted octanol–water partition coefficient (Wildman–Crippen LogP) is 3.45. The first-order chi connectivity index (χ1) is 12.9. The minimum absolute atomic E-state index is 0.00376. The first-order valence-corrected chi connectivity index (χ1v) is 9.08. The van der Waals surface area contributed by atoms with Crippen LogP contribution < -0.4 is 11.2 Å². The number of hydrogen-bond acceptors (Lipinski definition) is 5. The maximum absolute atomic E-state index is 12.7. The summed E-state index contributed by atoms with van der Waals surface area (Å²) >= 11 is 3.34. The summed E-state index contributed by atoms with van der Waals surface area (Å²) in [5, 5.41) is 10.6. The second-order valence-corrected chi connectivity index (χ2v) is 7.10. The SMILES string of the molecule is CC(C)n1c(=O)c(C=Nc2ccc(Br)cc2)c(O)n(Cc2ccco2)c1=O. The van der Waals surface area contributed by atoms with E-state index in [0.717, 1.165) is 13.6 Å². The van der Waals surface area contributed by atoms with Crippen molar-refractivity contribution in [2.45, 2.75) is 26.4 Å². The smallest absolute Gasteiger partial charge is 0.334 e. The molecule has 0 unspecified atom stereocenters. The highest BCUT2D eigenvalue weighted by atomic mass is 79.9. The van der Waals surface area contributed by atoms with E-state index in [1.165, 1.54) is 12.5 Å². The van der Waals surface area contributed by atoms with E-state index in [0.29, 0.717) is 11.4 Å². The van der Waals surface area contributed by atoms with Gasteiger partial charge in [-0.1, -0.05) is 15.9 Å². The number of hydrogen-bond donors (Lipinski definition) is 1. The molecule has 1 aromatic carbocycles. The molecule has 2 aromatic heterocycles. The van der Waals surface area contributed by atoms with E-state index in [2.05, 4.69) is 20.9 Å². The molecule has 0 aliphatic heterocycles. The van der Waals surface area contributed by atoms with Gasteiger partial charge in [0.15, 0.2) is 0 Å². The third-order valence-electron chi connectivity index (χ3n) is 3.96. The summed E-state index contributed by atoms with van der Waals surface area (Å²) in [4.78, 5) is 29.7. The second kappa shape index (κ2) is 7.79. The molecule has 0 amide bonds. The molecular weight excluding hydrogens is 414 g/mol. The topological polar surface area (TPSA) is 89.7 Å². The van der Waals surface area contributed by atoms with Gasteiger partial charge in [-0.05, 0) is 50.2 Å². The van der Waals surface area contributed by atoms with Crippen molar-refractivity contribution < 1.29 is 9.52 Å². The molecule has 0 fully saturated rings. The first kappa shape index (κ1) is 18.9. The van der Waals surface area contributed by atoms with Crippen LogP contribution in [0.5, 0.6) is 5.88 Å². The third-order valence-corrected chi connectivity index (χ3v) is 4.49. The third kappa shape index (κ3) is 3.95. The van der Waals surface area contributed by atoms with Gasteiger partial charge in [-0.3, -0.25) is 18.9 Å². The lowest BCUT2D eigenvalue weighted by Gasteiger charge is -2.15. The zero-order chi connectivity index (χ0) is 19.6. The monoisotopic (exact) mass is 431 g/mol. The van der Waals surface area contributed by atoms with Gasteiger partial charge in [-0.25, -0.2) is 4.79 Å². The number of benzene rings is 1. The maximum Gasteiger partial charge on any atom is 0.334 e. The number of halogens is 1. The van der Waals surface area contributed by atoms with E-state index in [-0.39, 0.29) is 18.2 Å². The molecule has 3 rings (SSSR count). The van der Waals surface area contributed by atoms with E-state index < -0.39 is 17.1 Å². The number of aliphatic imine (C=N–C) groups is 1. The van der Waals surface area contributed by atoms with E-state index >= 15 is 0 Å². The molecule has 0 aliphatic carbocycles. The summed E-state index contributed by atoms with van der Waals surface area (Å²) in [6.45, 7) is 3.46. The summed E-state index contributed by atoms with van der Waals surface area (Å²) in [6.07, 6.45) is 2.75. The number of aromatic hydroxyl groups is 1. The lowest BCUT2D eigenvalue weighted by molar-refractivity contribution is 0.375. The van der Waals surface area contributed by atoms with Crippen molar-refractivity contribution in [1.82, 2.24) is 9.13 Å². The second-order valence-electron chi connectivity index (χ2n) is 6.19. The highest BCUT2D eigenvalue weighted by Gasteiger charge is 2.20. The highest BCUT2D eigenvalue weighted by molar-refractivity contribution is 9.10. The van der Waals surface area contributed by atoms with Crippen LogP contribution in [-0.4, -0.2) is 20.5 Å². The van der Waals surface area contributed by atoms with Crippen molar-refractivity contribution in [3.05, 3.63) is 79.3 Å². The fraction of sp³-hybridized carbons (Fsp3) is 0.211. The predicted molar refractivity (Wildman–Crippen MR) is 106 cm³/mol. The Kier molecular flexibility index (Phi) is 5.46. The molecule has 27 heavy (non-hydrogen) atoms. The van der Waals surface area contributed by atoms with Gasteiger partial charge in [0.25, 0.3) is 5.56 Å². The lowest BCUT2D eigenvalue weighted by Crippen LogP contribution is -2.42. The Morgan fingerprint density at radius 1 is 1.22 bits per heavy atom. The minimum Gasteiger partial charge on any atom is -0.494 e. The normalized spacial score (nSPS) is 11.6. The van der Waals surface area contributed by atoms with Crippen LogP contribution in [0.25, 0.3) is 0 Å². The van der Waals surface area contributed by atoms with Crippen molar-refractivity contribution in [1.29, 1.82) is 0 Å². The van der Waals surface area contributed by atoms with Crippen LogP contribution in [0.15, 0.2) is 66.1 Å².